The van der Waals surface area contributed by atoms with Gasteiger partial charge in [0, 0.05) is 11.1 Å². The van der Waals surface area contributed by atoms with Crippen LogP contribution in [0.15, 0.2) is 12.1 Å². The van der Waals surface area contributed by atoms with Crippen molar-refractivity contribution in [3.05, 3.63) is 23.5 Å². The number of halogens is 1. The second-order valence-corrected chi connectivity index (χ2v) is 3.93. The molecule has 14 heavy (non-hydrogen) atoms. The van der Waals surface area contributed by atoms with Crippen LogP contribution in [0.25, 0.3) is 0 Å². The van der Waals surface area contributed by atoms with Crippen molar-refractivity contribution in [3.8, 4) is 11.5 Å². The quantitative estimate of drug-likeness (QED) is 0.625. The number of rotatable bonds is 2. The van der Waals surface area contributed by atoms with E-state index in [1.54, 1.807) is 0 Å². The lowest BCUT2D eigenvalue weighted by atomic mass is 10.0. The summed E-state index contributed by atoms with van der Waals surface area (Å²) in [6.45, 7) is 0. The van der Waals surface area contributed by atoms with Crippen LogP contribution in [-0.4, -0.2) is 15.8 Å². The summed E-state index contributed by atoms with van der Waals surface area (Å²) in [5.41, 5.74) is 5.54. The van der Waals surface area contributed by atoms with E-state index in [1.165, 1.54) is 0 Å². The highest BCUT2D eigenvalue weighted by atomic mass is 19.1. The van der Waals surface area contributed by atoms with E-state index in [9.17, 15) is 14.6 Å². The zero-order valence-corrected chi connectivity index (χ0v) is 7.63. The molecule has 76 valence electrons. The van der Waals surface area contributed by atoms with Crippen molar-refractivity contribution in [1.29, 1.82) is 0 Å². The van der Waals surface area contributed by atoms with Gasteiger partial charge in [-0.25, -0.2) is 4.39 Å². The van der Waals surface area contributed by atoms with Gasteiger partial charge >= 0.3 is 0 Å². The van der Waals surface area contributed by atoms with Crippen LogP contribution in [0.2, 0.25) is 0 Å². The van der Waals surface area contributed by atoms with Crippen LogP contribution in [0.1, 0.15) is 18.4 Å². The van der Waals surface area contributed by atoms with Crippen LogP contribution in [-0.2, 0) is 6.42 Å². The van der Waals surface area contributed by atoms with Gasteiger partial charge < -0.3 is 15.9 Å². The number of hydrogen-bond donors (Lipinski definition) is 3. The van der Waals surface area contributed by atoms with E-state index in [0.717, 1.165) is 25.0 Å². The second-order valence-electron chi connectivity index (χ2n) is 3.93. The van der Waals surface area contributed by atoms with Crippen molar-refractivity contribution < 1.29 is 14.6 Å². The van der Waals surface area contributed by atoms with Crippen LogP contribution in [0.3, 0.4) is 0 Å². The Balaban J connectivity index is 2.35. The molecule has 2 rings (SSSR count). The van der Waals surface area contributed by atoms with Gasteiger partial charge in [0.25, 0.3) is 0 Å². The third kappa shape index (κ3) is 1.53. The Morgan fingerprint density at radius 1 is 1.36 bits per heavy atom. The fourth-order valence-corrected chi connectivity index (χ4v) is 1.46. The molecule has 0 radical (unpaired) electrons. The molecular weight excluding hydrogens is 185 g/mol. The molecule has 1 aromatic rings. The van der Waals surface area contributed by atoms with E-state index < -0.39 is 5.82 Å². The number of nitrogens with two attached hydrogens (primary N) is 1. The molecule has 0 bridgehead atoms. The van der Waals surface area contributed by atoms with Crippen molar-refractivity contribution in [2.45, 2.75) is 24.8 Å². The summed E-state index contributed by atoms with van der Waals surface area (Å²) in [4.78, 5) is 0. The molecule has 4 heteroatoms. The van der Waals surface area contributed by atoms with Gasteiger partial charge in [0.15, 0.2) is 11.5 Å². The fourth-order valence-electron chi connectivity index (χ4n) is 1.46. The van der Waals surface area contributed by atoms with Gasteiger partial charge in [0.05, 0.1) is 0 Å². The number of aromatic hydroxyl groups is 2. The summed E-state index contributed by atoms with van der Waals surface area (Å²) in [7, 11) is 0. The van der Waals surface area contributed by atoms with E-state index in [4.69, 9.17) is 5.73 Å². The first kappa shape index (κ1) is 9.27. The van der Waals surface area contributed by atoms with Gasteiger partial charge in [-0.3, -0.25) is 0 Å². The molecule has 0 atom stereocenters. The molecule has 0 aliphatic heterocycles. The monoisotopic (exact) mass is 197 g/mol. The lowest BCUT2D eigenvalue weighted by Gasteiger charge is -2.11. The maximum absolute atomic E-state index is 13.3. The number of phenols is 2. The van der Waals surface area contributed by atoms with Gasteiger partial charge in [0.1, 0.15) is 5.82 Å². The normalized spacial score (nSPS) is 18.1. The summed E-state index contributed by atoms with van der Waals surface area (Å²) in [6, 6.07) is 2.26. The first-order chi connectivity index (χ1) is 6.52. The third-order valence-electron chi connectivity index (χ3n) is 2.63. The lowest BCUT2D eigenvalue weighted by molar-refractivity contribution is 0.391. The average molecular weight is 197 g/mol. The van der Waals surface area contributed by atoms with Gasteiger partial charge in [-0.15, -0.1) is 0 Å². The van der Waals surface area contributed by atoms with E-state index >= 15 is 0 Å². The number of hydrogen-bond acceptors (Lipinski definition) is 3. The largest absolute Gasteiger partial charge is 0.504 e. The maximum Gasteiger partial charge on any atom is 0.163 e. The van der Waals surface area contributed by atoms with E-state index in [0.29, 0.717) is 0 Å². The van der Waals surface area contributed by atoms with Gasteiger partial charge in [0.2, 0.25) is 0 Å². The molecule has 1 aliphatic rings. The zero-order valence-electron chi connectivity index (χ0n) is 7.63. The minimum atomic E-state index is -0.517. The summed E-state index contributed by atoms with van der Waals surface area (Å²) < 4.78 is 13.3. The van der Waals surface area contributed by atoms with Gasteiger partial charge in [-0.1, -0.05) is 0 Å². The zero-order chi connectivity index (χ0) is 10.3. The van der Waals surface area contributed by atoms with E-state index in [-0.39, 0.29) is 29.0 Å². The molecule has 0 unspecified atom stereocenters. The minimum Gasteiger partial charge on any atom is -0.504 e. The standard InChI is InChI=1S/C10H12FNO2/c11-7-1-2-8(13)9(14)6(7)5-10(12)3-4-10/h1-2,13-14H,3-5,12H2. The molecule has 3 nitrogen and oxygen atoms in total. The highest BCUT2D eigenvalue weighted by Gasteiger charge is 2.39. The molecule has 0 heterocycles. The average Bonchev–Trinajstić information content (AvgIpc) is 2.86. The van der Waals surface area contributed by atoms with Crippen molar-refractivity contribution in [2.75, 3.05) is 0 Å². The fraction of sp³-hybridized carbons (Fsp3) is 0.400. The highest BCUT2D eigenvalue weighted by Crippen LogP contribution is 2.40. The van der Waals surface area contributed by atoms with Crippen LogP contribution in [0, 0.1) is 5.82 Å². The molecule has 1 saturated carbocycles. The Morgan fingerprint density at radius 2 is 2.00 bits per heavy atom. The summed E-state index contributed by atoms with van der Waals surface area (Å²) >= 11 is 0. The SMILES string of the molecule is NC1(Cc2c(F)ccc(O)c2O)CC1. The summed E-state index contributed by atoms with van der Waals surface area (Å²) in [5.74, 6) is -1.20. The topological polar surface area (TPSA) is 66.5 Å². The van der Waals surface area contributed by atoms with Crippen molar-refractivity contribution in [3.63, 3.8) is 0 Å². The lowest BCUT2D eigenvalue weighted by Crippen LogP contribution is -2.25. The number of phenolic OH excluding ortho intramolecular Hbond substituents is 2. The molecule has 1 aliphatic carbocycles. The molecule has 0 saturated heterocycles. The smallest absolute Gasteiger partial charge is 0.163 e. The van der Waals surface area contributed by atoms with E-state index in [1.807, 2.05) is 0 Å². The highest BCUT2D eigenvalue weighted by molar-refractivity contribution is 5.46. The van der Waals surface area contributed by atoms with Crippen LogP contribution < -0.4 is 5.73 Å². The number of benzene rings is 1. The van der Waals surface area contributed by atoms with Crippen molar-refractivity contribution in [1.82, 2.24) is 0 Å². The Kier molecular flexibility index (Phi) is 1.89. The van der Waals surface area contributed by atoms with Crippen LogP contribution in [0.4, 0.5) is 4.39 Å². The van der Waals surface area contributed by atoms with E-state index in [2.05, 4.69) is 0 Å². The van der Waals surface area contributed by atoms with Crippen molar-refractivity contribution >= 4 is 0 Å². The van der Waals surface area contributed by atoms with Gasteiger partial charge in [-0.05, 0) is 31.4 Å². The van der Waals surface area contributed by atoms with Crippen molar-refractivity contribution in [2.24, 2.45) is 5.73 Å². The Bertz CT molecular complexity index is 375. The van der Waals surface area contributed by atoms with Crippen LogP contribution in [0.5, 0.6) is 11.5 Å². The predicted molar refractivity (Wildman–Crippen MR) is 49.6 cm³/mol. The third-order valence-corrected chi connectivity index (χ3v) is 2.63. The maximum atomic E-state index is 13.3. The Labute approximate surface area is 81.0 Å². The Hall–Kier alpha value is -1.29. The van der Waals surface area contributed by atoms with Crippen LogP contribution >= 0.6 is 0 Å². The molecule has 0 aromatic heterocycles. The first-order valence-corrected chi connectivity index (χ1v) is 4.50. The molecular formula is C10H12FNO2. The predicted octanol–water partition coefficient (Wildman–Crippen LogP) is 1.27. The second kappa shape index (κ2) is 2.85. The van der Waals surface area contributed by atoms with Gasteiger partial charge in [-0.2, -0.15) is 0 Å². The first-order valence-electron chi connectivity index (χ1n) is 4.50. The summed E-state index contributed by atoms with van der Waals surface area (Å²) in [6.07, 6.45) is 1.95. The molecule has 1 fully saturated rings. The molecule has 1 aromatic carbocycles. The minimum absolute atomic E-state index is 0.116. The Morgan fingerprint density at radius 3 is 2.57 bits per heavy atom. The molecule has 0 spiro atoms. The molecule has 4 N–H and O–H groups in total. The molecule has 0 amide bonds. The summed E-state index contributed by atoms with van der Waals surface area (Å²) in [5, 5.41) is 18.6.